The van der Waals surface area contributed by atoms with Crippen LogP contribution in [0, 0.1) is 20.8 Å². The zero-order chi connectivity index (χ0) is 16.3. The summed E-state index contributed by atoms with van der Waals surface area (Å²) in [5.74, 6) is 0.523. The molecule has 22 heavy (non-hydrogen) atoms. The maximum Gasteiger partial charge on any atom is 0.277 e. The lowest BCUT2D eigenvalue weighted by Crippen LogP contribution is -2.18. The molecule has 3 nitrogen and oxygen atoms in total. The molecule has 0 aliphatic heterocycles. The molecule has 0 aliphatic carbocycles. The Kier molecular flexibility index (Phi) is 4.87. The van der Waals surface area contributed by atoms with E-state index < -0.39 is 7.37 Å². The summed E-state index contributed by atoms with van der Waals surface area (Å²) in [4.78, 5) is 10.7. The van der Waals surface area contributed by atoms with E-state index in [0.29, 0.717) is 17.5 Å². The lowest BCUT2D eigenvalue weighted by Gasteiger charge is -2.22. The van der Waals surface area contributed by atoms with Gasteiger partial charge in [0.25, 0.3) is 7.37 Å². The Bertz CT molecular complexity index is 709. The lowest BCUT2D eigenvalue weighted by molar-refractivity contribution is 0.112. The second-order valence-corrected chi connectivity index (χ2v) is 8.12. The number of aldehydes is 1. The molecule has 0 radical (unpaired) electrons. The van der Waals surface area contributed by atoms with Crippen LogP contribution in [0.3, 0.4) is 0 Å². The zero-order valence-electron chi connectivity index (χ0n) is 13.4. The van der Waals surface area contributed by atoms with Crippen molar-refractivity contribution in [3.8, 4) is 5.75 Å². The van der Waals surface area contributed by atoms with Crippen molar-refractivity contribution in [3.05, 3.63) is 58.7 Å². The molecule has 4 heteroatoms. The van der Waals surface area contributed by atoms with Crippen LogP contribution in [0.5, 0.6) is 5.75 Å². The third-order valence-corrected chi connectivity index (χ3v) is 6.39. The highest BCUT2D eigenvalue weighted by atomic mass is 31.2. The van der Waals surface area contributed by atoms with Crippen LogP contribution in [-0.2, 0) is 4.57 Å². The quantitative estimate of drug-likeness (QED) is 0.605. The van der Waals surface area contributed by atoms with E-state index >= 15 is 0 Å². The van der Waals surface area contributed by atoms with Crippen molar-refractivity contribution >= 4 is 19.0 Å². The van der Waals surface area contributed by atoms with Crippen molar-refractivity contribution in [2.75, 3.05) is 6.16 Å². The van der Waals surface area contributed by atoms with E-state index in [9.17, 15) is 9.36 Å². The third kappa shape index (κ3) is 3.31. The van der Waals surface area contributed by atoms with Gasteiger partial charge in [0.1, 0.15) is 12.0 Å². The van der Waals surface area contributed by atoms with Gasteiger partial charge in [-0.3, -0.25) is 9.36 Å². The highest BCUT2D eigenvalue weighted by molar-refractivity contribution is 7.67. The van der Waals surface area contributed by atoms with Crippen LogP contribution in [-0.4, -0.2) is 12.4 Å². The van der Waals surface area contributed by atoms with E-state index in [2.05, 4.69) is 0 Å². The van der Waals surface area contributed by atoms with Crippen molar-refractivity contribution in [2.24, 2.45) is 0 Å². The first-order valence-electron chi connectivity index (χ1n) is 7.32. The summed E-state index contributed by atoms with van der Waals surface area (Å²) in [5, 5.41) is 0.806. The molecule has 0 amide bonds. The Balaban J connectivity index is 2.44. The summed E-state index contributed by atoms with van der Waals surface area (Å²) in [6.45, 7) is 7.84. The van der Waals surface area contributed by atoms with E-state index in [1.165, 1.54) is 0 Å². The van der Waals surface area contributed by atoms with Gasteiger partial charge in [-0.25, -0.2) is 0 Å². The molecule has 0 spiro atoms. The molecule has 0 aromatic heterocycles. The molecule has 116 valence electrons. The number of hydrogen-bond donors (Lipinski definition) is 0. The van der Waals surface area contributed by atoms with E-state index in [1.54, 1.807) is 24.3 Å². The molecule has 0 heterocycles. The van der Waals surface area contributed by atoms with E-state index in [1.807, 2.05) is 39.8 Å². The summed E-state index contributed by atoms with van der Waals surface area (Å²) in [7, 11) is -2.98. The van der Waals surface area contributed by atoms with Gasteiger partial charge in [0.05, 0.1) is 5.30 Å². The van der Waals surface area contributed by atoms with Gasteiger partial charge in [-0.2, -0.15) is 0 Å². The number of rotatable bonds is 5. The Hall–Kier alpha value is -1.86. The summed E-state index contributed by atoms with van der Waals surface area (Å²) in [5.41, 5.74) is 3.71. The van der Waals surface area contributed by atoms with Crippen LogP contribution in [0.25, 0.3) is 0 Å². The normalized spacial score (nSPS) is 13.5. The number of benzene rings is 2. The first kappa shape index (κ1) is 16.5. The van der Waals surface area contributed by atoms with Gasteiger partial charge in [-0.1, -0.05) is 24.6 Å². The number of carbonyl (C=O) groups is 1. The molecule has 2 aromatic carbocycles. The molecule has 1 atom stereocenters. The smallest absolute Gasteiger partial charge is 0.277 e. The molecule has 1 unspecified atom stereocenters. The predicted molar refractivity (Wildman–Crippen MR) is 90.9 cm³/mol. The molecule has 0 saturated heterocycles. The molecular formula is C18H21O3P. The third-order valence-electron chi connectivity index (χ3n) is 3.66. The molecule has 0 bridgehead atoms. The monoisotopic (exact) mass is 316 g/mol. The fourth-order valence-corrected chi connectivity index (χ4v) is 4.96. The average Bonchev–Trinajstić information content (AvgIpc) is 2.47. The number of aryl methyl sites for hydroxylation is 3. The SMILES string of the molecule is CCP(=O)(Oc1ccc(C=O)cc1)c1c(C)cc(C)cc1C. The van der Waals surface area contributed by atoms with Crippen molar-refractivity contribution in [2.45, 2.75) is 27.7 Å². The first-order chi connectivity index (χ1) is 10.4. The minimum Gasteiger partial charge on any atom is -0.440 e. The fourth-order valence-electron chi connectivity index (χ4n) is 2.76. The second-order valence-electron chi connectivity index (χ2n) is 5.52. The van der Waals surface area contributed by atoms with Gasteiger partial charge in [0.15, 0.2) is 0 Å². The predicted octanol–water partition coefficient (Wildman–Crippen LogP) is 4.43. The topological polar surface area (TPSA) is 43.4 Å². The van der Waals surface area contributed by atoms with Crippen molar-refractivity contribution in [3.63, 3.8) is 0 Å². The standard InChI is InChI=1S/C18H21O3P/c1-5-22(20,18-14(3)10-13(2)11-15(18)4)21-17-8-6-16(12-19)7-9-17/h6-12H,5H2,1-4H3. The highest BCUT2D eigenvalue weighted by Gasteiger charge is 2.29. The maximum atomic E-state index is 13.4. The second kappa shape index (κ2) is 6.50. The minimum atomic E-state index is -2.98. The zero-order valence-corrected chi connectivity index (χ0v) is 14.3. The molecule has 0 fully saturated rings. The summed E-state index contributed by atoms with van der Waals surface area (Å²) in [6.07, 6.45) is 1.20. The van der Waals surface area contributed by atoms with Crippen LogP contribution in [0.4, 0.5) is 0 Å². The van der Waals surface area contributed by atoms with Gasteiger partial charge in [0.2, 0.25) is 0 Å². The Morgan fingerprint density at radius 1 is 1.05 bits per heavy atom. The van der Waals surface area contributed by atoms with Gasteiger partial charge in [0, 0.05) is 11.7 Å². The number of hydrogen-bond acceptors (Lipinski definition) is 3. The van der Waals surface area contributed by atoms with E-state index in [-0.39, 0.29) is 0 Å². The summed E-state index contributed by atoms with van der Waals surface area (Å²) < 4.78 is 19.2. The molecule has 2 rings (SSSR count). The van der Waals surface area contributed by atoms with Gasteiger partial charge >= 0.3 is 0 Å². The van der Waals surface area contributed by atoms with Crippen LogP contribution in [0.2, 0.25) is 0 Å². The van der Waals surface area contributed by atoms with Gasteiger partial charge < -0.3 is 4.52 Å². The van der Waals surface area contributed by atoms with E-state index in [4.69, 9.17) is 4.52 Å². The molecule has 2 aromatic rings. The molecular weight excluding hydrogens is 295 g/mol. The lowest BCUT2D eigenvalue weighted by atomic mass is 10.1. The Morgan fingerprint density at radius 2 is 1.59 bits per heavy atom. The largest absolute Gasteiger partial charge is 0.440 e. The molecule has 0 aliphatic rings. The van der Waals surface area contributed by atoms with Crippen LogP contribution < -0.4 is 9.83 Å². The van der Waals surface area contributed by atoms with Crippen LogP contribution in [0.1, 0.15) is 34.0 Å². The van der Waals surface area contributed by atoms with E-state index in [0.717, 1.165) is 28.3 Å². The molecule has 0 N–H and O–H groups in total. The van der Waals surface area contributed by atoms with Gasteiger partial charge in [-0.05, 0) is 56.2 Å². The Morgan fingerprint density at radius 3 is 2.05 bits per heavy atom. The van der Waals surface area contributed by atoms with Crippen LogP contribution in [0.15, 0.2) is 36.4 Å². The first-order valence-corrected chi connectivity index (χ1v) is 9.13. The van der Waals surface area contributed by atoms with Crippen molar-refractivity contribution in [1.29, 1.82) is 0 Å². The fraction of sp³-hybridized carbons (Fsp3) is 0.278. The minimum absolute atomic E-state index is 0.424. The van der Waals surface area contributed by atoms with Crippen molar-refractivity contribution < 1.29 is 13.9 Å². The highest BCUT2D eigenvalue weighted by Crippen LogP contribution is 2.47. The maximum absolute atomic E-state index is 13.4. The van der Waals surface area contributed by atoms with Crippen LogP contribution >= 0.6 is 7.37 Å². The average molecular weight is 316 g/mol. The van der Waals surface area contributed by atoms with Crippen molar-refractivity contribution in [1.82, 2.24) is 0 Å². The van der Waals surface area contributed by atoms with Gasteiger partial charge in [-0.15, -0.1) is 0 Å². The number of carbonyl (C=O) groups excluding carboxylic acids is 1. The summed E-state index contributed by atoms with van der Waals surface area (Å²) >= 11 is 0. The molecule has 0 saturated carbocycles. The summed E-state index contributed by atoms with van der Waals surface area (Å²) in [6, 6.07) is 10.8. The Labute approximate surface area is 131 Å².